The van der Waals surface area contributed by atoms with Crippen molar-refractivity contribution in [2.75, 3.05) is 5.73 Å². The van der Waals surface area contributed by atoms with Crippen molar-refractivity contribution in [3.63, 3.8) is 0 Å². The van der Waals surface area contributed by atoms with Crippen molar-refractivity contribution in [3.8, 4) is 5.75 Å². The van der Waals surface area contributed by atoms with Crippen LogP contribution in [0.15, 0.2) is 12.1 Å². The zero-order chi connectivity index (χ0) is 6.85. The monoisotopic (exact) mass is 211 g/mol. The number of rotatable bonds is 0. The standard InChI is InChI=1S/C7H8NO.Y/c1-5-4-6(8)2-3-7(5)9;/h2,4,9H,8H2,1H3;/q-1;. The van der Waals surface area contributed by atoms with Gasteiger partial charge in [-0.05, 0) is 0 Å². The van der Waals surface area contributed by atoms with E-state index in [1.54, 1.807) is 19.1 Å². The largest absolute Gasteiger partial charge is 0.534 e. The molecule has 10 heavy (non-hydrogen) atoms. The van der Waals surface area contributed by atoms with Crippen LogP contribution in [-0.4, -0.2) is 5.11 Å². The summed E-state index contributed by atoms with van der Waals surface area (Å²) < 4.78 is 0. The third-order valence-electron chi connectivity index (χ3n) is 1.13. The van der Waals surface area contributed by atoms with Gasteiger partial charge in [0.15, 0.2) is 0 Å². The van der Waals surface area contributed by atoms with Gasteiger partial charge >= 0.3 is 0 Å². The second-order valence-electron chi connectivity index (χ2n) is 1.96. The topological polar surface area (TPSA) is 46.2 Å². The third-order valence-corrected chi connectivity index (χ3v) is 1.13. The number of hydrogen-bond acceptors (Lipinski definition) is 2. The molecule has 0 aliphatic carbocycles. The van der Waals surface area contributed by atoms with Crippen molar-refractivity contribution in [2.45, 2.75) is 6.92 Å². The summed E-state index contributed by atoms with van der Waals surface area (Å²) in [6, 6.07) is 5.84. The maximum atomic E-state index is 8.93. The van der Waals surface area contributed by atoms with E-state index in [-0.39, 0.29) is 38.5 Å². The number of anilines is 1. The van der Waals surface area contributed by atoms with Gasteiger partial charge in [-0.25, -0.2) is 0 Å². The van der Waals surface area contributed by atoms with Crippen LogP contribution in [0.5, 0.6) is 5.75 Å². The molecule has 0 unspecified atom stereocenters. The molecular formula is C7H8NOY-. The first-order chi connectivity index (χ1) is 4.20. The Labute approximate surface area is 85.3 Å². The average molecular weight is 211 g/mol. The number of phenolic OH excluding ortho intramolecular Hbond substituents is 1. The van der Waals surface area contributed by atoms with Crippen molar-refractivity contribution in [3.05, 3.63) is 23.8 Å². The van der Waals surface area contributed by atoms with E-state index in [1.807, 2.05) is 0 Å². The number of nitrogens with two attached hydrogens (primary N) is 1. The molecule has 0 heterocycles. The van der Waals surface area contributed by atoms with E-state index in [9.17, 15) is 0 Å². The number of hydrogen-bond donors (Lipinski definition) is 2. The van der Waals surface area contributed by atoms with Gasteiger partial charge in [0, 0.05) is 38.5 Å². The molecule has 1 aromatic rings. The summed E-state index contributed by atoms with van der Waals surface area (Å²) in [7, 11) is 0. The molecule has 1 radical (unpaired) electrons. The van der Waals surface area contributed by atoms with Gasteiger partial charge in [-0.3, -0.25) is 0 Å². The molecule has 0 bridgehead atoms. The Kier molecular flexibility index (Phi) is 3.91. The van der Waals surface area contributed by atoms with E-state index < -0.39 is 0 Å². The number of aromatic hydroxyl groups is 1. The van der Waals surface area contributed by atoms with Crippen LogP contribution in [0.2, 0.25) is 0 Å². The number of nitrogen functional groups attached to an aromatic ring is 1. The SMILES string of the molecule is Cc1cc(N)c[c-]c1O.[Y]. The number of aryl methyl sites for hydroxylation is 1. The van der Waals surface area contributed by atoms with Crippen LogP contribution < -0.4 is 5.73 Å². The summed E-state index contributed by atoms with van der Waals surface area (Å²) in [5.74, 6) is 0.171. The van der Waals surface area contributed by atoms with Gasteiger partial charge in [0.05, 0.1) is 0 Å². The second-order valence-corrected chi connectivity index (χ2v) is 1.96. The molecule has 0 aliphatic heterocycles. The van der Waals surface area contributed by atoms with E-state index in [2.05, 4.69) is 6.07 Å². The maximum absolute atomic E-state index is 8.93. The first kappa shape index (κ1) is 9.92. The Morgan fingerprint density at radius 1 is 1.60 bits per heavy atom. The molecule has 0 saturated carbocycles. The molecule has 51 valence electrons. The Balaban J connectivity index is 0.000000810. The zero-order valence-electron chi connectivity index (χ0n) is 5.76. The van der Waals surface area contributed by atoms with Crippen LogP contribution in [-0.2, 0) is 32.7 Å². The third kappa shape index (κ3) is 2.27. The number of benzene rings is 1. The molecule has 0 amide bonds. The minimum atomic E-state index is 0. The molecule has 1 rings (SSSR count). The summed E-state index contributed by atoms with van der Waals surface area (Å²) in [6.07, 6.45) is 0. The fourth-order valence-corrected chi connectivity index (χ4v) is 0.626. The maximum Gasteiger partial charge on any atom is 0.00697 e. The summed E-state index contributed by atoms with van der Waals surface area (Å²) in [4.78, 5) is 0. The van der Waals surface area contributed by atoms with Gasteiger partial charge in [0.1, 0.15) is 0 Å². The zero-order valence-corrected chi connectivity index (χ0v) is 8.59. The summed E-state index contributed by atoms with van der Waals surface area (Å²) >= 11 is 0. The van der Waals surface area contributed by atoms with Crippen LogP contribution in [0, 0.1) is 13.0 Å². The summed E-state index contributed by atoms with van der Waals surface area (Å²) in [5.41, 5.74) is 6.77. The van der Waals surface area contributed by atoms with Gasteiger partial charge in [0.2, 0.25) is 0 Å². The van der Waals surface area contributed by atoms with E-state index in [4.69, 9.17) is 10.8 Å². The van der Waals surface area contributed by atoms with E-state index in [1.165, 1.54) is 0 Å². The summed E-state index contributed by atoms with van der Waals surface area (Å²) in [5, 5.41) is 8.93. The normalized spacial score (nSPS) is 8.50. The average Bonchev–Trinajstić information content (AvgIpc) is 1.80. The Bertz CT molecular complexity index is 225. The van der Waals surface area contributed by atoms with Crippen LogP contribution in [0.25, 0.3) is 0 Å². The Morgan fingerprint density at radius 3 is 2.60 bits per heavy atom. The van der Waals surface area contributed by atoms with Gasteiger partial charge in [0.25, 0.3) is 0 Å². The fraction of sp³-hybridized carbons (Fsp3) is 0.143. The van der Waals surface area contributed by atoms with Crippen molar-refractivity contribution in [2.24, 2.45) is 0 Å². The second kappa shape index (κ2) is 3.94. The van der Waals surface area contributed by atoms with Crippen molar-refractivity contribution < 1.29 is 37.8 Å². The number of phenols is 1. The molecule has 0 atom stereocenters. The van der Waals surface area contributed by atoms with Crippen molar-refractivity contribution in [1.82, 2.24) is 0 Å². The van der Waals surface area contributed by atoms with Crippen LogP contribution in [0.4, 0.5) is 5.69 Å². The van der Waals surface area contributed by atoms with Gasteiger partial charge in [-0.15, -0.1) is 17.7 Å². The first-order valence-corrected chi connectivity index (χ1v) is 2.67. The Morgan fingerprint density at radius 2 is 2.20 bits per heavy atom. The Hall–Kier alpha value is -0.0761. The van der Waals surface area contributed by atoms with Gasteiger partial charge in [-0.2, -0.15) is 6.07 Å². The molecule has 0 fully saturated rings. The molecule has 0 spiro atoms. The van der Waals surface area contributed by atoms with E-state index in [0.717, 1.165) is 5.56 Å². The van der Waals surface area contributed by atoms with Gasteiger partial charge < -0.3 is 10.8 Å². The molecule has 0 aliphatic rings. The van der Waals surface area contributed by atoms with E-state index >= 15 is 0 Å². The van der Waals surface area contributed by atoms with Gasteiger partial charge in [-0.1, -0.05) is 12.6 Å². The molecule has 0 saturated heterocycles. The molecule has 0 aromatic heterocycles. The molecule has 3 N–H and O–H groups in total. The summed E-state index contributed by atoms with van der Waals surface area (Å²) in [6.45, 7) is 1.78. The smallest absolute Gasteiger partial charge is 0.00697 e. The predicted molar refractivity (Wildman–Crippen MR) is 36.1 cm³/mol. The van der Waals surface area contributed by atoms with Crippen LogP contribution >= 0.6 is 0 Å². The van der Waals surface area contributed by atoms with Crippen molar-refractivity contribution in [1.29, 1.82) is 0 Å². The minimum absolute atomic E-state index is 0. The van der Waals surface area contributed by atoms with Crippen LogP contribution in [0.1, 0.15) is 5.56 Å². The molecule has 3 heteroatoms. The minimum Gasteiger partial charge on any atom is -0.534 e. The molecule has 2 nitrogen and oxygen atoms in total. The fourth-order valence-electron chi connectivity index (χ4n) is 0.626. The van der Waals surface area contributed by atoms with Crippen molar-refractivity contribution >= 4 is 5.69 Å². The molecular weight excluding hydrogens is 203 g/mol. The van der Waals surface area contributed by atoms with Crippen LogP contribution in [0.3, 0.4) is 0 Å². The quantitative estimate of drug-likeness (QED) is 0.383. The molecule has 1 aromatic carbocycles. The predicted octanol–water partition coefficient (Wildman–Crippen LogP) is 1.08. The first-order valence-electron chi connectivity index (χ1n) is 2.67. The van der Waals surface area contributed by atoms with E-state index in [0.29, 0.717) is 5.69 Å².